The third-order valence-corrected chi connectivity index (χ3v) is 4.27. The van der Waals surface area contributed by atoms with Gasteiger partial charge in [0.1, 0.15) is 10.7 Å². The number of nitrogens with zero attached hydrogens (tertiary/aromatic N) is 2. The van der Waals surface area contributed by atoms with E-state index in [9.17, 15) is 9.59 Å². The Bertz CT molecular complexity index is 878. The van der Waals surface area contributed by atoms with Crippen molar-refractivity contribution >= 4 is 29.3 Å². The highest BCUT2D eigenvalue weighted by molar-refractivity contribution is 7.99. The third kappa shape index (κ3) is 4.48. The molecule has 7 nitrogen and oxygen atoms in total. The molecule has 2 heterocycles. The van der Waals surface area contributed by atoms with Gasteiger partial charge in [0.05, 0.1) is 24.7 Å². The van der Waals surface area contributed by atoms with Gasteiger partial charge in [-0.2, -0.15) is 0 Å². The summed E-state index contributed by atoms with van der Waals surface area (Å²) >= 11 is 1.28. The number of nitrogens with one attached hydrogen (secondary N) is 1. The average molecular weight is 369 g/mol. The fourth-order valence-corrected chi connectivity index (χ4v) is 2.71. The molecule has 0 saturated carbocycles. The number of amides is 1. The summed E-state index contributed by atoms with van der Waals surface area (Å²) in [6.07, 6.45) is 1.57. The van der Waals surface area contributed by atoms with E-state index >= 15 is 0 Å². The number of methoxy groups -OCH3 is 1. The number of furan rings is 1. The number of carbonyl (C=O) groups is 2. The second kappa shape index (κ2) is 8.30. The molecule has 26 heavy (non-hydrogen) atoms. The van der Waals surface area contributed by atoms with Gasteiger partial charge >= 0.3 is 5.97 Å². The summed E-state index contributed by atoms with van der Waals surface area (Å²) in [5, 5.41) is 11.5. The minimum atomic E-state index is -0.421. The van der Waals surface area contributed by atoms with Crippen LogP contribution in [0.3, 0.4) is 0 Å². The minimum Gasteiger partial charge on any atom is -0.465 e. The summed E-state index contributed by atoms with van der Waals surface area (Å²) in [5.41, 5.74) is 1.66. The van der Waals surface area contributed by atoms with E-state index in [0.717, 1.165) is 0 Å². The van der Waals surface area contributed by atoms with Crippen molar-refractivity contribution in [2.24, 2.45) is 0 Å². The Hall–Kier alpha value is -3.13. The molecule has 3 aromatic rings. The lowest BCUT2D eigenvalue weighted by atomic mass is 10.2. The van der Waals surface area contributed by atoms with Gasteiger partial charge < -0.3 is 14.5 Å². The molecule has 0 atom stereocenters. The fraction of sp³-hybridized carbons (Fsp3) is 0.111. The maximum absolute atomic E-state index is 12.0. The minimum absolute atomic E-state index is 0.183. The maximum Gasteiger partial charge on any atom is 0.337 e. The first-order chi connectivity index (χ1) is 12.7. The van der Waals surface area contributed by atoms with E-state index < -0.39 is 5.97 Å². The quantitative estimate of drug-likeness (QED) is 0.526. The van der Waals surface area contributed by atoms with Crippen LogP contribution in [0.2, 0.25) is 0 Å². The topological polar surface area (TPSA) is 94.3 Å². The Morgan fingerprint density at radius 3 is 2.54 bits per heavy atom. The van der Waals surface area contributed by atoms with E-state index in [1.54, 1.807) is 54.8 Å². The zero-order valence-corrected chi connectivity index (χ0v) is 14.7. The van der Waals surface area contributed by atoms with Gasteiger partial charge in [-0.3, -0.25) is 4.79 Å². The van der Waals surface area contributed by atoms with Gasteiger partial charge in [0.15, 0.2) is 5.76 Å². The first kappa shape index (κ1) is 17.7. The number of hydrogen-bond donors (Lipinski definition) is 1. The molecular formula is C18H15N3O4S. The van der Waals surface area contributed by atoms with Crippen LogP contribution in [-0.2, 0) is 9.53 Å². The van der Waals surface area contributed by atoms with Crippen LogP contribution in [0.1, 0.15) is 10.4 Å². The van der Waals surface area contributed by atoms with Gasteiger partial charge in [-0.05, 0) is 48.5 Å². The van der Waals surface area contributed by atoms with E-state index in [0.29, 0.717) is 27.7 Å². The van der Waals surface area contributed by atoms with Crippen molar-refractivity contribution in [3.63, 3.8) is 0 Å². The van der Waals surface area contributed by atoms with E-state index in [1.807, 2.05) is 0 Å². The molecule has 0 aliphatic rings. The summed E-state index contributed by atoms with van der Waals surface area (Å²) in [5.74, 6) is 0.225. The first-order valence-electron chi connectivity index (χ1n) is 7.64. The fourth-order valence-electron chi connectivity index (χ4n) is 2.10. The first-order valence-corrected chi connectivity index (χ1v) is 8.63. The molecule has 0 aliphatic carbocycles. The smallest absolute Gasteiger partial charge is 0.337 e. The summed E-state index contributed by atoms with van der Waals surface area (Å²) in [4.78, 5) is 23.4. The molecule has 0 saturated heterocycles. The van der Waals surface area contributed by atoms with Gasteiger partial charge in [0.2, 0.25) is 5.91 Å². The molecule has 0 aliphatic heterocycles. The molecular weight excluding hydrogens is 354 g/mol. The van der Waals surface area contributed by atoms with Gasteiger partial charge in [-0.15, -0.1) is 10.2 Å². The Morgan fingerprint density at radius 2 is 1.92 bits per heavy atom. The number of rotatable bonds is 6. The molecule has 0 bridgehead atoms. The van der Waals surface area contributed by atoms with Crippen molar-refractivity contribution in [2.45, 2.75) is 5.03 Å². The maximum atomic E-state index is 12.0. The SMILES string of the molecule is COC(=O)c1ccc(NC(=O)CSc2ccc(-c3ccco3)nn2)cc1. The van der Waals surface area contributed by atoms with Crippen LogP contribution in [0.25, 0.3) is 11.5 Å². The normalized spacial score (nSPS) is 10.3. The van der Waals surface area contributed by atoms with E-state index in [-0.39, 0.29) is 11.7 Å². The molecule has 0 fully saturated rings. The molecule has 2 aromatic heterocycles. The van der Waals surface area contributed by atoms with Gasteiger partial charge in [-0.1, -0.05) is 11.8 Å². The van der Waals surface area contributed by atoms with Crippen LogP contribution in [0.4, 0.5) is 5.69 Å². The number of esters is 1. The van der Waals surface area contributed by atoms with Gasteiger partial charge in [0.25, 0.3) is 0 Å². The number of aromatic nitrogens is 2. The molecule has 0 radical (unpaired) electrons. The van der Waals surface area contributed by atoms with Gasteiger partial charge in [-0.25, -0.2) is 4.79 Å². The number of carbonyl (C=O) groups excluding carboxylic acids is 2. The average Bonchev–Trinajstić information content (AvgIpc) is 3.21. The second-order valence-electron chi connectivity index (χ2n) is 5.14. The standard InChI is InChI=1S/C18H15N3O4S/c1-24-18(23)12-4-6-13(7-5-12)19-16(22)11-26-17-9-8-14(20-21-17)15-3-2-10-25-15/h2-10H,11H2,1H3,(H,19,22). The largest absolute Gasteiger partial charge is 0.465 e. The Balaban J connectivity index is 1.51. The van der Waals surface area contributed by atoms with Crippen LogP contribution in [-0.4, -0.2) is 34.9 Å². The highest BCUT2D eigenvalue weighted by Gasteiger charge is 2.08. The van der Waals surface area contributed by atoms with Crippen LogP contribution in [0.15, 0.2) is 64.2 Å². The zero-order valence-electron chi connectivity index (χ0n) is 13.8. The number of benzene rings is 1. The van der Waals surface area contributed by atoms with Crippen LogP contribution in [0.5, 0.6) is 0 Å². The number of ether oxygens (including phenoxy) is 1. The highest BCUT2D eigenvalue weighted by atomic mass is 32.2. The Labute approximate surface area is 153 Å². The van der Waals surface area contributed by atoms with Crippen LogP contribution in [0, 0.1) is 0 Å². The van der Waals surface area contributed by atoms with Crippen molar-refractivity contribution in [3.05, 3.63) is 60.4 Å². The van der Waals surface area contributed by atoms with Crippen molar-refractivity contribution in [2.75, 3.05) is 18.2 Å². The van der Waals surface area contributed by atoms with Crippen molar-refractivity contribution < 1.29 is 18.7 Å². The predicted molar refractivity (Wildman–Crippen MR) is 96.9 cm³/mol. The van der Waals surface area contributed by atoms with E-state index in [1.165, 1.54) is 18.9 Å². The summed E-state index contributed by atoms with van der Waals surface area (Å²) < 4.78 is 9.88. The number of hydrogen-bond acceptors (Lipinski definition) is 7. The Morgan fingerprint density at radius 1 is 1.12 bits per heavy atom. The lowest BCUT2D eigenvalue weighted by molar-refractivity contribution is -0.113. The molecule has 0 spiro atoms. The highest BCUT2D eigenvalue weighted by Crippen LogP contribution is 2.20. The van der Waals surface area contributed by atoms with Crippen LogP contribution >= 0.6 is 11.8 Å². The molecule has 3 rings (SSSR count). The summed E-state index contributed by atoms with van der Waals surface area (Å²) in [6.45, 7) is 0. The second-order valence-corrected chi connectivity index (χ2v) is 6.14. The summed E-state index contributed by atoms with van der Waals surface area (Å²) in [6, 6.07) is 13.6. The van der Waals surface area contributed by atoms with Crippen molar-refractivity contribution in [1.29, 1.82) is 0 Å². The monoisotopic (exact) mass is 369 g/mol. The van der Waals surface area contributed by atoms with Crippen molar-refractivity contribution in [1.82, 2.24) is 10.2 Å². The summed E-state index contributed by atoms with van der Waals surface area (Å²) in [7, 11) is 1.32. The Kier molecular flexibility index (Phi) is 5.65. The van der Waals surface area contributed by atoms with Crippen molar-refractivity contribution in [3.8, 4) is 11.5 Å². The molecule has 0 unspecified atom stereocenters. The molecule has 1 aromatic carbocycles. The number of thioether (sulfide) groups is 1. The molecule has 1 amide bonds. The lowest BCUT2D eigenvalue weighted by Gasteiger charge is -2.06. The van der Waals surface area contributed by atoms with E-state index in [4.69, 9.17) is 4.42 Å². The van der Waals surface area contributed by atoms with Gasteiger partial charge in [0, 0.05) is 5.69 Å². The molecule has 8 heteroatoms. The third-order valence-electron chi connectivity index (χ3n) is 3.35. The number of anilines is 1. The molecule has 132 valence electrons. The van der Waals surface area contributed by atoms with E-state index in [2.05, 4.69) is 20.3 Å². The lowest BCUT2D eigenvalue weighted by Crippen LogP contribution is -2.14. The predicted octanol–water partition coefficient (Wildman–Crippen LogP) is 3.25. The molecule has 1 N–H and O–H groups in total. The zero-order chi connectivity index (χ0) is 18.4. The van der Waals surface area contributed by atoms with Crippen LogP contribution < -0.4 is 5.32 Å².